The molecule has 1 aliphatic heterocycles. The maximum Gasteiger partial charge on any atom is 0.132 e. The van der Waals surface area contributed by atoms with Crippen LogP contribution in [-0.2, 0) is 6.42 Å². The molecule has 0 bridgehead atoms. The molecule has 0 amide bonds. The lowest BCUT2D eigenvalue weighted by Gasteiger charge is -2.25. The van der Waals surface area contributed by atoms with Crippen LogP contribution in [0.15, 0.2) is 6.07 Å². The van der Waals surface area contributed by atoms with Crippen LogP contribution >= 0.6 is 0 Å². The predicted octanol–water partition coefficient (Wildman–Crippen LogP) is 1.27. The number of nitrogens with two attached hydrogens (primary N) is 1. The van der Waals surface area contributed by atoms with Gasteiger partial charge in [0, 0.05) is 37.3 Å². The average molecular weight is 220 g/mol. The summed E-state index contributed by atoms with van der Waals surface area (Å²) in [6.07, 6.45) is 3.28. The van der Waals surface area contributed by atoms with Crippen molar-refractivity contribution in [3.63, 3.8) is 0 Å². The van der Waals surface area contributed by atoms with Gasteiger partial charge in [0.2, 0.25) is 0 Å². The van der Waals surface area contributed by atoms with E-state index < -0.39 is 0 Å². The van der Waals surface area contributed by atoms with Crippen LogP contribution in [0.4, 0.5) is 5.82 Å². The van der Waals surface area contributed by atoms with Crippen molar-refractivity contribution in [3.05, 3.63) is 17.6 Å². The summed E-state index contributed by atoms with van der Waals surface area (Å²) < 4.78 is 0. The molecule has 2 rings (SSSR count). The Morgan fingerprint density at radius 1 is 1.50 bits per heavy atom. The van der Waals surface area contributed by atoms with Gasteiger partial charge in [0.05, 0.1) is 0 Å². The van der Waals surface area contributed by atoms with E-state index in [9.17, 15) is 0 Å². The summed E-state index contributed by atoms with van der Waals surface area (Å²) in [5.74, 6) is 1.98. The first-order chi connectivity index (χ1) is 7.74. The Hall–Kier alpha value is -1.16. The highest BCUT2D eigenvalue weighted by atomic mass is 15.2. The van der Waals surface area contributed by atoms with Crippen LogP contribution in [0.25, 0.3) is 0 Å². The lowest BCUT2D eigenvalue weighted by Crippen LogP contribution is -2.36. The molecular formula is C12H20N4. The molecule has 0 spiro atoms. The predicted molar refractivity (Wildman–Crippen MR) is 65.6 cm³/mol. The van der Waals surface area contributed by atoms with E-state index in [1.807, 2.05) is 6.92 Å². The van der Waals surface area contributed by atoms with Crippen molar-refractivity contribution in [2.45, 2.75) is 39.2 Å². The number of anilines is 1. The van der Waals surface area contributed by atoms with Gasteiger partial charge < -0.3 is 10.6 Å². The Balaban J connectivity index is 2.28. The molecule has 88 valence electrons. The zero-order valence-corrected chi connectivity index (χ0v) is 10.1. The molecule has 1 aliphatic rings. The topological polar surface area (TPSA) is 55.0 Å². The zero-order valence-electron chi connectivity index (χ0n) is 10.1. The molecular weight excluding hydrogens is 200 g/mol. The molecule has 1 aromatic heterocycles. The largest absolute Gasteiger partial charge is 0.352 e. The van der Waals surface area contributed by atoms with Crippen molar-refractivity contribution in [1.29, 1.82) is 0 Å². The van der Waals surface area contributed by atoms with Gasteiger partial charge in [-0.15, -0.1) is 0 Å². The van der Waals surface area contributed by atoms with Crippen LogP contribution in [-0.4, -0.2) is 29.1 Å². The van der Waals surface area contributed by atoms with Crippen molar-refractivity contribution in [1.82, 2.24) is 9.97 Å². The second-order valence-corrected chi connectivity index (χ2v) is 4.36. The summed E-state index contributed by atoms with van der Waals surface area (Å²) >= 11 is 0. The van der Waals surface area contributed by atoms with Gasteiger partial charge in [0.25, 0.3) is 0 Å². The standard InChI is InChI=1S/C12H20N4/c1-3-11-14-9(2)7-12(15-11)16-6-4-5-10(16)8-13/h7,10H,3-6,8,13H2,1-2H3. The van der Waals surface area contributed by atoms with Gasteiger partial charge in [-0.25, -0.2) is 9.97 Å². The molecule has 4 nitrogen and oxygen atoms in total. The van der Waals surface area contributed by atoms with E-state index in [2.05, 4.69) is 27.9 Å². The van der Waals surface area contributed by atoms with Gasteiger partial charge in [-0.05, 0) is 19.8 Å². The first-order valence-corrected chi connectivity index (χ1v) is 6.06. The molecule has 2 N–H and O–H groups in total. The van der Waals surface area contributed by atoms with Gasteiger partial charge in [-0.2, -0.15) is 0 Å². The maximum atomic E-state index is 5.79. The van der Waals surface area contributed by atoms with Crippen molar-refractivity contribution in [2.24, 2.45) is 5.73 Å². The Labute approximate surface area is 96.9 Å². The van der Waals surface area contributed by atoms with Gasteiger partial charge >= 0.3 is 0 Å². The minimum absolute atomic E-state index is 0.457. The number of hydrogen-bond acceptors (Lipinski definition) is 4. The summed E-state index contributed by atoms with van der Waals surface area (Å²) in [6, 6.07) is 2.52. The first kappa shape index (κ1) is 11.3. The summed E-state index contributed by atoms with van der Waals surface area (Å²) in [4.78, 5) is 11.3. The minimum atomic E-state index is 0.457. The fourth-order valence-electron chi connectivity index (χ4n) is 2.30. The average Bonchev–Trinajstić information content (AvgIpc) is 2.76. The summed E-state index contributed by atoms with van der Waals surface area (Å²) in [5.41, 5.74) is 6.83. The number of aromatic nitrogens is 2. The maximum absolute atomic E-state index is 5.79. The molecule has 1 saturated heterocycles. The van der Waals surface area contributed by atoms with E-state index >= 15 is 0 Å². The number of aryl methyl sites for hydroxylation is 2. The molecule has 0 aromatic carbocycles. The smallest absolute Gasteiger partial charge is 0.132 e. The second kappa shape index (κ2) is 4.78. The van der Waals surface area contributed by atoms with E-state index in [0.717, 1.165) is 30.3 Å². The van der Waals surface area contributed by atoms with E-state index in [1.165, 1.54) is 12.8 Å². The van der Waals surface area contributed by atoms with Crippen molar-refractivity contribution in [2.75, 3.05) is 18.0 Å². The summed E-state index contributed by atoms with van der Waals surface area (Å²) in [6.45, 7) is 5.90. The molecule has 1 unspecified atom stereocenters. The van der Waals surface area contributed by atoms with Crippen molar-refractivity contribution < 1.29 is 0 Å². The highest BCUT2D eigenvalue weighted by Crippen LogP contribution is 2.23. The highest BCUT2D eigenvalue weighted by Gasteiger charge is 2.24. The third-order valence-electron chi connectivity index (χ3n) is 3.15. The Morgan fingerprint density at radius 2 is 2.31 bits per heavy atom. The monoisotopic (exact) mass is 220 g/mol. The normalized spacial score (nSPS) is 20.4. The molecule has 0 radical (unpaired) electrons. The molecule has 0 aliphatic carbocycles. The van der Waals surface area contributed by atoms with Crippen LogP contribution in [0.1, 0.15) is 31.3 Å². The molecule has 4 heteroatoms. The molecule has 1 aromatic rings. The fourth-order valence-corrected chi connectivity index (χ4v) is 2.30. The molecule has 16 heavy (non-hydrogen) atoms. The molecule has 1 atom stereocenters. The van der Waals surface area contributed by atoms with Gasteiger partial charge in [-0.1, -0.05) is 6.92 Å². The highest BCUT2D eigenvalue weighted by molar-refractivity contribution is 5.42. The lowest BCUT2D eigenvalue weighted by molar-refractivity contribution is 0.668. The zero-order chi connectivity index (χ0) is 11.5. The van der Waals surface area contributed by atoms with Crippen LogP contribution in [0.2, 0.25) is 0 Å². The van der Waals surface area contributed by atoms with Crippen molar-refractivity contribution >= 4 is 5.82 Å². The van der Waals surface area contributed by atoms with E-state index in [0.29, 0.717) is 12.6 Å². The Morgan fingerprint density at radius 3 is 3.00 bits per heavy atom. The third kappa shape index (κ3) is 2.16. The van der Waals surface area contributed by atoms with E-state index in [4.69, 9.17) is 5.73 Å². The van der Waals surface area contributed by atoms with Crippen molar-refractivity contribution in [3.8, 4) is 0 Å². The van der Waals surface area contributed by atoms with E-state index in [-0.39, 0.29) is 0 Å². The van der Waals surface area contributed by atoms with Crippen LogP contribution in [0.3, 0.4) is 0 Å². The van der Waals surface area contributed by atoms with Gasteiger partial charge in [0.1, 0.15) is 11.6 Å². The minimum Gasteiger partial charge on any atom is -0.352 e. The SMILES string of the molecule is CCc1nc(C)cc(N2CCCC2CN)n1. The first-order valence-electron chi connectivity index (χ1n) is 6.06. The molecule has 1 fully saturated rings. The molecule has 0 saturated carbocycles. The van der Waals surface area contributed by atoms with Crippen LogP contribution < -0.4 is 10.6 Å². The van der Waals surface area contributed by atoms with E-state index in [1.54, 1.807) is 0 Å². The Bertz CT molecular complexity index is 364. The number of nitrogens with zero attached hydrogens (tertiary/aromatic N) is 3. The van der Waals surface area contributed by atoms with Crippen LogP contribution in [0, 0.1) is 6.92 Å². The fraction of sp³-hybridized carbons (Fsp3) is 0.667. The number of rotatable bonds is 3. The van der Waals surface area contributed by atoms with Gasteiger partial charge in [0.15, 0.2) is 0 Å². The quantitative estimate of drug-likeness (QED) is 0.833. The summed E-state index contributed by atoms with van der Waals surface area (Å²) in [5, 5.41) is 0. The Kier molecular flexibility index (Phi) is 3.39. The van der Waals surface area contributed by atoms with Gasteiger partial charge in [-0.3, -0.25) is 0 Å². The second-order valence-electron chi connectivity index (χ2n) is 4.36. The van der Waals surface area contributed by atoms with Crippen LogP contribution in [0.5, 0.6) is 0 Å². The molecule has 2 heterocycles. The number of hydrogen-bond donors (Lipinski definition) is 1. The third-order valence-corrected chi connectivity index (χ3v) is 3.15. The lowest BCUT2D eigenvalue weighted by atomic mass is 10.2. The summed E-state index contributed by atoms with van der Waals surface area (Å²) in [7, 11) is 0.